The van der Waals surface area contributed by atoms with Crippen LogP contribution in [0.3, 0.4) is 0 Å². The Hall–Kier alpha value is -3.05. The third-order valence-corrected chi connectivity index (χ3v) is 7.44. The number of hydrogen-bond acceptors (Lipinski definition) is 12. The van der Waals surface area contributed by atoms with Gasteiger partial charge in [0, 0.05) is 62.6 Å². The summed E-state index contributed by atoms with van der Waals surface area (Å²) in [6, 6.07) is 0.108. The zero-order valence-electron chi connectivity index (χ0n) is 20.7. The summed E-state index contributed by atoms with van der Waals surface area (Å²) >= 11 is 1.48. The molecule has 4 heterocycles. The maximum atomic E-state index is 12.6. The van der Waals surface area contributed by atoms with E-state index in [0.717, 1.165) is 17.2 Å². The quantitative estimate of drug-likeness (QED) is 0.233. The van der Waals surface area contributed by atoms with Crippen molar-refractivity contribution in [3.05, 3.63) is 27.9 Å². The topological polar surface area (TPSA) is 146 Å². The fourth-order valence-corrected chi connectivity index (χ4v) is 5.44. The van der Waals surface area contributed by atoms with E-state index < -0.39 is 11.4 Å². The summed E-state index contributed by atoms with van der Waals surface area (Å²) in [6.07, 6.45) is 3.41. The van der Waals surface area contributed by atoms with E-state index in [4.69, 9.17) is 4.74 Å². The largest absolute Gasteiger partial charge is 0.481 e. The number of aliphatic imine (C=N–C) groups is 1. The first-order chi connectivity index (χ1) is 17.2. The van der Waals surface area contributed by atoms with Crippen LogP contribution in [-0.2, 0) is 14.3 Å². The third-order valence-electron chi connectivity index (χ3n) is 6.66. The second-order valence-corrected chi connectivity index (χ2v) is 10.6. The molecule has 2 unspecified atom stereocenters. The van der Waals surface area contributed by atoms with Gasteiger partial charge in [0.15, 0.2) is 17.0 Å². The van der Waals surface area contributed by atoms with Gasteiger partial charge in [-0.2, -0.15) is 5.26 Å². The van der Waals surface area contributed by atoms with Crippen LogP contribution in [0.5, 0.6) is 0 Å². The smallest absolute Gasteiger partial charge is 0.337 e. The molecule has 0 aliphatic carbocycles. The lowest BCUT2D eigenvalue weighted by Crippen LogP contribution is -2.57. The number of piperazine rings is 1. The number of hydrogen-bond donors (Lipinski definition) is 3. The second-order valence-electron chi connectivity index (χ2n) is 9.68. The normalized spacial score (nSPS) is 23.4. The van der Waals surface area contributed by atoms with Crippen molar-refractivity contribution in [1.82, 2.24) is 30.3 Å². The molecule has 1 aromatic heterocycles. The van der Waals surface area contributed by atoms with E-state index in [-0.39, 0.29) is 31.5 Å². The Morgan fingerprint density at radius 1 is 1.39 bits per heavy atom. The number of carbonyl (C=O) groups is 2. The van der Waals surface area contributed by atoms with Gasteiger partial charge in [0.25, 0.3) is 0 Å². The first-order valence-electron chi connectivity index (χ1n) is 11.9. The molecule has 1 aromatic rings. The van der Waals surface area contributed by atoms with Crippen molar-refractivity contribution < 1.29 is 19.4 Å². The number of nitrogens with zero attached hydrogens (tertiary/aromatic N) is 6. The molecule has 2 fully saturated rings. The summed E-state index contributed by atoms with van der Waals surface area (Å²) < 4.78 is 5.28. The number of carboxylic acid groups (broad SMARTS) is 1. The summed E-state index contributed by atoms with van der Waals surface area (Å²) in [4.78, 5) is 39.7. The zero-order valence-corrected chi connectivity index (χ0v) is 21.5. The van der Waals surface area contributed by atoms with Gasteiger partial charge in [-0.1, -0.05) is 0 Å². The molecule has 4 rings (SSSR count). The highest BCUT2D eigenvalue weighted by molar-refractivity contribution is 7.11. The molecule has 3 N–H and O–H groups in total. The minimum absolute atomic E-state index is 0.108. The fourth-order valence-electron chi connectivity index (χ4n) is 4.84. The molecule has 0 radical (unpaired) electrons. The number of thiazole rings is 1. The van der Waals surface area contributed by atoms with Crippen LogP contribution >= 0.6 is 11.3 Å². The van der Waals surface area contributed by atoms with E-state index in [1.807, 2.05) is 16.5 Å². The molecule has 13 heteroatoms. The molecule has 2 atom stereocenters. The van der Waals surface area contributed by atoms with Crippen LogP contribution in [0.1, 0.15) is 25.8 Å². The highest BCUT2D eigenvalue weighted by Gasteiger charge is 2.45. The predicted molar refractivity (Wildman–Crippen MR) is 133 cm³/mol. The molecule has 0 saturated carbocycles. The second kappa shape index (κ2) is 10.9. The molecule has 3 aliphatic heterocycles. The van der Waals surface area contributed by atoms with Crippen molar-refractivity contribution in [1.29, 1.82) is 5.26 Å². The number of aromatic nitrogens is 1. The molecule has 3 aliphatic rings. The maximum Gasteiger partial charge on any atom is 0.337 e. The summed E-state index contributed by atoms with van der Waals surface area (Å²) in [5, 5.41) is 27.7. The standard InChI is InChI=1S/C23H32N8O4S/c1-4-35-20(32)16-9-26-18(19-25-5-8-36-19)28-17(16)12-29-6-7-31-15(10-29)11-30(22(31)27-14-24)13-23(2,3)21(33)34/h5,8,15,22,27H,4,6-7,9-13H2,1-3H3,(H,26,28)(H,33,34). The first-order valence-corrected chi connectivity index (χ1v) is 12.8. The van der Waals surface area contributed by atoms with E-state index in [0.29, 0.717) is 44.1 Å². The van der Waals surface area contributed by atoms with Gasteiger partial charge in [0.2, 0.25) is 0 Å². The Kier molecular flexibility index (Phi) is 7.89. The van der Waals surface area contributed by atoms with Crippen LogP contribution in [0.15, 0.2) is 27.8 Å². The minimum Gasteiger partial charge on any atom is -0.481 e. The predicted octanol–water partition coefficient (Wildman–Crippen LogP) is 0.0770. The molecule has 0 bridgehead atoms. The molecule has 0 spiro atoms. The summed E-state index contributed by atoms with van der Waals surface area (Å²) in [5.41, 5.74) is 0.330. The van der Waals surface area contributed by atoms with Crippen molar-refractivity contribution in [3.63, 3.8) is 0 Å². The SMILES string of the molecule is CCOC(=O)C1=C(CN2CCN3C(C2)CN(CC(C)(C)C(=O)O)C3NC#N)NC(c2nccs2)=NC1. The van der Waals surface area contributed by atoms with Crippen LogP contribution in [-0.4, -0.2) is 107 Å². The third kappa shape index (κ3) is 5.52. The van der Waals surface area contributed by atoms with E-state index in [1.165, 1.54) is 11.3 Å². The molecular weight excluding hydrogens is 484 g/mol. The molecule has 194 valence electrons. The van der Waals surface area contributed by atoms with E-state index >= 15 is 0 Å². The Balaban J connectivity index is 1.48. The van der Waals surface area contributed by atoms with E-state index in [9.17, 15) is 20.0 Å². The maximum absolute atomic E-state index is 12.6. The number of rotatable bonds is 9. The molecule has 12 nitrogen and oxygen atoms in total. The van der Waals surface area contributed by atoms with Gasteiger partial charge in [-0.15, -0.1) is 11.3 Å². The van der Waals surface area contributed by atoms with E-state index in [1.54, 1.807) is 27.0 Å². The van der Waals surface area contributed by atoms with Gasteiger partial charge in [-0.25, -0.2) is 9.78 Å². The number of nitriles is 1. The van der Waals surface area contributed by atoms with Gasteiger partial charge in [-0.3, -0.25) is 29.8 Å². The average Bonchev–Trinajstić information content (AvgIpc) is 3.48. The molecule has 0 amide bonds. The Labute approximate surface area is 214 Å². The minimum atomic E-state index is -0.944. The number of nitrogens with one attached hydrogen (secondary N) is 2. The lowest BCUT2D eigenvalue weighted by Gasteiger charge is -2.40. The van der Waals surface area contributed by atoms with Crippen molar-refractivity contribution in [3.8, 4) is 6.19 Å². The van der Waals surface area contributed by atoms with Gasteiger partial charge in [0.05, 0.1) is 24.1 Å². The molecule has 2 saturated heterocycles. The van der Waals surface area contributed by atoms with Crippen LogP contribution in [0.25, 0.3) is 0 Å². The molecule has 0 aromatic carbocycles. The summed E-state index contributed by atoms with van der Waals surface area (Å²) in [7, 11) is 0. The van der Waals surface area contributed by atoms with Gasteiger partial charge < -0.3 is 15.2 Å². The van der Waals surface area contributed by atoms with Crippen LogP contribution in [0, 0.1) is 16.9 Å². The number of amidine groups is 1. The number of carbonyl (C=O) groups excluding carboxylic acids is 1. The van der Waals surface area contributed by atoms with Gasteiger partial charge in [0.1, 0.15) is 6.29 Å². The Morgan fingerprint density at radius 3 is 2.86 bits per heavy atom. The number of fused-ring (bicyclic) bond motifs is 1. The van der Waals surface area contributed by atoms with Crippen molar-refractivity contribution in [2.24, 2.45) is 10.4 Å². The molecule has 36 heavy (non-hydrogen) atoms. The fraction of sp³-hybridized carbons (Fsp3) is 0.609. The van der Waals surface area contributed by atoms with Crippen molar-refractivity contribution in [2.75, 3.05) is 52.4 Å². The number of esters is 1. The lowest BCUT2D eigenvalue weighted by molar-refractivity contribution is -0.148. The number of aliphatic carboxylic acids is 1. The summed E-state index contributed by atoms with van der Waals surface area (Å²) in [5.74, 6) is -0.598. The van der Waals surface area contributed by atoms with E-state index in [2.05, 4.69) is 30.4 Å². The lowest BCUT2D eigenvalue weighted by atomic mass is 9.93. The van der Waals surface area contributed by atoms with Crippen LogP contribution in [0.4, 0.5) is 0 Å². The van der Waals surface area contributed by atoms with Gasteiger partial charge in [-0.05, 0) is 20.8 Å². The van der Waals surface area contributed by atoms with Gasteiger partial charge >= 0.3 is 11.9 Å². The molecular formula is C23H32N8O4S. The highest BCUT2D eigenvalue weighted by atomic mass is 32.1. The Bertz CT molecular complexity index is 1080. The Morgan fingerprint density at radius 2 is 2.19 bits per heavy atom. The van der Waals surface area contributed by atoms with Crippen molar-refractivity contribution >= 4 is 29.1 Å². The highest BCUT2D eigenvalue weighted by Crippen LogP contribution is 2.28. The van der Waals surface area contributed by atoms with Crippen molar-refractivity contribution in [2.45, 2.75) is 33.1 Å². The number of ether oxygens (including phenoxy) is 1. The zero-order chi connectivity index (χ0) is 25.9. The van der Waals surface area contributed by atoms with Crippen LogP contribution in [0.2, 0.25) is 0 Å². The first kappa shape index (κ1) is 26.0. The monoisotopic (exact) mass is 516 g/mol. The van der Waals surface area contributed by atoms with Crippen LogP contribution < -0.4 is 10.6 Å². The number of carboxylic acids is 1. The average molecular weight is 517 g/mol. The summed E-state index contributed by atoms with van der Waals surface area (Å²) in [6.45, 7) is 9.28.